The highest BCUT2D eigenvalue weighted by atomic mass is 31.2. The minimum atomic E-state index is -3.11. The van der Waals surface area contributed by atoms with Gasteiger partial charge in [-0.25, -0.2) is 4.67 Å². The van der Waals surface area contributed by atoms with Gasteiger partial charge >= 0.3 is 0 Å². The molecule has 0 N–H and O–H groups in total. The van der Waals surface area contributed by atoms with Gasteiger partial charge in [0.05, 0.1) is 26.4 Å². The molecular weight excluding hydrogens is 553 g/mol. The van der Waals surface area contributed by atoms with Crippen molar-refractivity contribution in [2.24, 2.45) is 0 Å². The first-order valence-electron chi connectivity index (χ1n) is 16.1. The van der Waals surface area contributed by atoms with Crippen molar-refractivity contribution in [2.45, 2.75) is 39.5 Å². The minimum absolute atomic E-state index is 0.705. The van der Waals surface area contributed by atoms with Crippen LogP contribution in [0.2, 0.25) is 0 Å². The van der Waals surface area contributed by atoms with E-state index in [1.165, 1.54) is 33.7 Å². The number of hydrogen-bond acceptors (Lipinski definition) is 5. The third-order valence-electron chi connectivity index (χ3n) is 9.21. The Labute approximate surface area is 257 Å². The van der Waals surface area contributed by atoms with E-state index in [1.807, 2.05) is 0 Å². The summed E-state index contributed by atoms with van der Waals surface area (Å²) in [6, 6.07) is 21.2. The van der Waals surface area contributed by atoms with Crippen LogP contribution in [0.15, 0.2) is 93.8 Å². The van der Waals surface area contributed by atoms with E-state index in [1.54, 1.807) is 0 Å². The molecule has 2 aromatic carbocycles. The summed E-state index contributed by atoms with van der Waals surface area (Å²) in [4.78, 5) is 4.95. The highest BCUT2D eigenvalue weighted by Crippen LogP contribution is 2.71. The van der Waals surface area contributed by atoms with Crippen molar-refractivity contribution in [2.75, 3.05) is 65.7 Å². The smallest absolute Gasteiger partial charge is 0.203 e. The van der Waals surface area contributed by atoms with E-state index in [-0.39, 0.29) is 0 Å². The highest BCUT2D eigenvalue weighted by Gasteiger charge is 2.46. The molecule has 0 amide bonds. The molecule has 0 bridgehead atoms. The summed E-state index contributed by atoms with van der Waals surface area (Å²) in [5.41, 5.74) is 7.45. The molecule has 228 valence electrons. The van der Waals surface area contributed by atoms with E-state index in [9.17, 15) is 0 Å². The largest absolute Gasteiger partial charge is 0.378 e. The predicted molar refractivity (Wildman–Crippen MR) is 177 cm³/mol. The summed E-state index contributed by atoms with van der Waals surface area (Å²) in [6.45, 7) is 12.0. The first-order valence-corrected chi connectivity index (χ1v) is 17.8. The van der Waals surface area contributed by atoms with Gasteiger partial charge in [0, 0.05) is 61.3 Å². The highest BCUT2D eigenvalue weighted by molar-refractivity contribution is 7.70. The van der Waals surface area contributed by atoms with Crippen LogP contribution < -0.4 is 0 Å². The molecule has 2 aliphatic carbocycles. The number of nitrogens with zero attached hydrogens (tertiary/aromatic N) is 3. The second-order valence-electron chi connectivity index (χ2n) is 11.7. The molecule has 2 fully saturated rings. The molecule has 4 aliphatic rings. The van der Waals surface area contributed by atoms with Crippen LogP contribution in [0.1, 0.15) is 50.7 Å². The van der Waals surface area contributed by atoms with Crippen molar-refractivity contribution in [3.8, 4) is 0 Å². The van der Waals surface area contributed by atoms with Gasteiger partial charge in [-0.3, -0.25) is 4.57 Å². The summed E-state index contributed by atoms with van der Waals surface area (Å²) in [7, 11) is -3.11. The zero-order valence-electron chi connectivity index (χ0n) is 25.8. The molecule has 0 unspecified atom stereocenters. The maximum atomic E-state index is 16.3. The standard InChI is InChI=1S/C36H46N3O3P/c1-3-39(4-2)43(40,33-17-15-31(27-29-11-7-5-8-12-29)35(33)37-19-23-41-24-20-37)34-18-16-32(28-30-13-9-6-10-14-30)36(34)38-21-25-42-26-22-38/h5-14,27-28H,3-4,15-26H2,1-2H3/b31-27+,32-28+. The summed E-state index contributed by atoms with van der Waals surface area (Å²) in [6.07, 6.45) is 8.14. The van der Waals surface area contributed by atoms with E-state index in [0.29, 0.717) is 26.4 Å². The number of hydrogen-bond donors (Lipinski definition) is 0. The fourth-order valence-electron chi connectivity index (χ4n) is 7.19. The molecule has 2 heterocycles. The quantitative estimate of drug-likeness (QED) is 0.279. The van der Waals surface area contributed by atoms with Crippen molar-refractivity contribution in [3.05, 3.63) is 105 Å². The maximum Gasteiger partial charge on any atom is 0.203 e. The Hall–Kier alpha value is -2.89. The molecule has 6 nitrogen and oxygen atoms in total. The first kappa shape index (κ1) is 30.1. The SMILES string of the molecule is CCN(CC)P(=O)(C1=C(N2CCOCC2)/C(=C/c2ccccc2)CC1)C1=C(N2CCOCC2)/C(=C/c2ccccc2)CC1. The maximum absolute atomic E-state index is 16.3. The van der Waals surface area contributed by atoms with Crippen LogP contribution >= 0.6 is 7.29 Å². The predicted octanol–water partition coefficient (Wildman–Crippen LogP) is 7.45. The Morgan fingerprint density at radius 1 is 0.651 bits per heavy atom. The first-order chi connectivity index (χ1) is 21.1. The number of ether oxygens (including phenoxy) is 2. The molecule has 7 heteroatoms. The van der Waals surface area contributed by atoms with Crippen molar-refractivity contribution in [1.29, 1.82) is 0 Å². The molecular formula is C36H46N3O3P. The lowest BCUT2D eigenvalue weighted by molar-refractivity contribution is 0.0547. The lowest BCUT2D eigenvalue weighted by atomic mass is 10.1. The van der Waals surface area contributed by atoms with Crippen LogP contribution in [0, 0.1) is 0 Å². The van der Waals surface area contributed by atoms with Gasteiger partial charge in [-0.2, -0.15) is 0 Å². The van der Waals surface area contributed by atoms with Crippen molar-refractivity contribution in [3.63, 3.8) is 0 Å². The monoisotopic (exact) mass is 599 g/mol. The molecule has 0 spiro atoms. The van der Waals surface area contributed by atoms with Gasteiger partial charge in [0.15, 0.2) is 0 Å². The van der Waals surface area contributed by atoms with E-state index >= 15 is 4.57 Å². The fourth-order valence-corrected chi connectivity index (χ4v) is 11.0. The molecule has 0 atom stereocenters. The number of morpholine rings is 2. The third kappa shape index (κ3) is 6.21. The van der Waals surface area contributed by atoms with Gasteiger partial charge < -0.3 is 19.3 Å². The summed E-state index contributed by atoms with van der Waals surface area (Å²) in [5.74, 6) is 0. The van der Waals surface area contributed by atoms with E-state index in [4.69, 9.17) is 9.47 Å². The number of rotatable bonds is 9. The molecule has 0 aromatic heterocycles. The van der Waals surface area contributed by atoms with Crippen LogP contribution in [0.4, 0.5) is 0 Å². The summed E-state index contributed by atoms with van der Waals surface area (Å²) >= 11 is 0. The van der Waals surface area contributed by atoms with Gasteiger partial charge in [-0.1, -0.05) is 74.5 Å². The molecule has 43 heavy (non-hydrogen) atoms. The van der Waals surface area contributed by atoms with Crippen LogP contribution in [0.5, 0.6) is 0 Å². The summed E-state index contributed by atoms with van der Waals surface area (Å²) < 4.78 is 30.2. The van der Waals surface area contributed by atoms with Gasteiger partial charge in [-0.15, -0.1) is 0 Å². The van der Waals surface area contributed by atoms with Crippen molar-refractivity contribution < 1.29 is 14.0 Å². The second kappa shape index (κ2) is 13.8. The number of allylic oxidation sites excluding steroid dienone is 4. The Morgan fingerprint density at radius 2 is 1.05 bits per heavy atom. The minimum Gasteiger partial charge on any atom is -0.378 e. The molecule has 0 radical (unpaired) electrons. The zero-order chi connectivity index (χ0) is 29.6. The van der Waals surface area contributed by atoms with Gasteiger partial charge in [0.1, 0.15) is 0 Å². The van der Waals surface area contributed by atoms with Gasteiger partial charge in [-0.05, 0) is 60.1 Å². The zero-order valence-corrected chi connectivity index (χ0v) is 26.7. The molecule has 0 saturated carbocycles. The van der Waals surface area contributed by atoms with Crippen LogP contribution in [-0.2, 0) is 14.0 Å². The molecule has 6 rings (SSSR count). The van der Waals surface area contributed by atoms with Crippen LogP contribution in [0.3, 0.4) is 0 Å². The Bertz CT molecular complexity index is 1330. The Morgan fingerprint density at radius 3 is 1.42 bits per heavy atom. The van der Waals surface area contributed by atoms with Gasteiger partial charge in [0.25, 0.3) is 0 Å². The third-order valence-corrected chi connectivity index (χ3v) is 12.9. The second-order valence-corrected chi connectivity index (χ2v) is 14.5. The molecule has 2 aliphatic heterocycles. The number of benzene rings is 2. The van der Waals surface area contributed by atoms with E-state index < -0.39 is 7.29 Å². The van der Waals surface area contributed by atoms with Crippen molar-refractivity contribution >= 4 is 19.4 Å². The van der Waals surface area contributed by atoms with E-state index in [0.717, 1.165) is 75.6 Å². The van der Waals surface area contributed by atoms with Crippen LogP contribution in [-0.4, -0.2) is 80.2 Å². The topological polar surface area (TPSA) is 45.2 Å². The molecule has 2 aromatic rings. The van der Waals surface area contributed by atoms with E-state index in [2.05, 4.69) is 101 Å². The molecule has 2 saturated heterocycles. The average molecular weight is 600 g/mol. The average Bonchev–Trinajstić information content (AvgIpc) is 3.68. The van der Waals surface area contributed by atoms with Crippen LogP contribution in [0.25, 0.3) is 12.2 Å². The fraction of sp³-hybridized carbons (Fsp3) is 0.444. The summed E-state index contributed by atoms with van der Waals surface area (Å²) in [5, 5.41) is 2.31. The lowest BCUT2D eigenvalue weighted by Gasteiger charge is -2.38. The Kier molecular flexibility index (Phi) is 9.69. The Balaban J connectivity index is 1.57. The normalized spacial score (nSPS) is 22.1. The van der Waals surface area contributed by atoms with Gasteiger partial charge in [0.2, 0.25) is 7.29 Å². The van der Waals surface area contributed by atoms with Crippen molar-refractivity contribution in [1.82, 2.24) is 14.5 Å². The lowest BCUT2D eigenvalue weighted by Crippen LogP contribution is -2.37.